The highest BCUT2D eigenvalue weighted by molar-refractivity contribution is 6.11. The summed E-state index contributed by atoms with van der Waals surface area (Å²) in [7, 11) is 1.41. The van der Waals surface area contributed by atoms with Gasteiger partial charge in [-0.1, -0.05) is 12.1 Å². The average Bonchev–Trinajstić information content (AvgIpc) is 2.43. The van der Waals surface area contributed by atoms with Crippen molar-refractivity contribution in [2.75, 3.05) is 7.11 Å². The van der Waals surface area contributed by atoms with E-state index in [1.807, 2.05) is 6.92 Å². The minimum Gasteiger partial charge on any atom is -0.496 e. The third-order valence-electron chi connectivity index (χ3n) is 3.11. The standard InChI is InChI=1S/C16H14F2O2/c1-9-4-6-11(13(8-9)20-3)16(19)14-12(17)7-5-10(2)15(14)18/h4-8H,1-3H3. The monoisotopic (exact) mass is 276 g/mol. The van der Waals surface area contributed by atoms with Crippen LogP contribution in [0.1, 0.15) is 27.0 Å². The van der Waals surface area contributed by atoms with E-state index < -0.39 is 23.0 Å². The fourth-order valence-electron chi connectivity index (χ4n) is 1.99. The maximum absolute atomic E-state index is 14.0. The predicted octanol–water partition coefficient (Wildman–Crippen LogP) is 3.82. The third-order valence-corrected chi connectivity index (χ3v) is 3.11. The van der Waals surface area contributed by atoms with Crippen molar-refractivity contribution >= 4 is 5.78 Å². The molecule has 0 N–H and O–H groups in total. The molecule has 0 radical (unpaired) electrons. The van der Waals surface area contributed by atoms with Gasteiger partial charge in [0.25, 0.3) is 0 Å². The minimum atomic E-state index is -0.874. The molecule has 0 amide bonds. The highest BCUT2D eigenvalue weighted by Crippen LogP contribution is 2.26. The summed E-state index contributed by atoms with van der Waals surface area (Å²) in [6, 6.07) is 7.25. The second kappa shape index (κ2) is 5.41. The lowest BCUT2D eigenvalue weighted by atomic mass is 9.98. The van der Waals surface area contributed by atoms with E-state index in [4.69, 9.17) is 4.74 Å². The first-order valence-electron chi connectivity index (χ1n) is 6.09. The van der Waals surface area contributed by atoms with Crippen LogP contribution in [0.25, 0.3) is 0 Å². The average molecular weight is 276 g/mol. The molecule has 0 saturated heterocycles. The van der Waals surface area contributed by atoms with Crippen LogP contribution in [0, 0.1) is 25.5 Å². The van der Waals surface area contributed by atoms with Crippen LogP contribution < -0.4 is 4.74 Å². The lowest BCUT2D eigenvalue weighted by Gasteiger charge is -2.10. The number of methoxy groups -OCH3 is 1. The zero-order valence-electron chi connectivity index (χ0n) is 11.5. The number of benzene rings is 2. The molecule has 2 aromatic carbocycles. The zero-order valence-corrected chi connectivity index (χ0v) is 11.5. The van der Waals surface area contributed by atoms with Gasteiger partial charge < -0.3 is 4.74 Å². The third kappa shape index (κ3) is 2.41. The Labute approximate surface area is 116 Å². The fourth-order valence-corrected chi connectivity index (χ4v) is 1.99. The van der Waals surface area contributed by atoms with E-state index in [1.165, 1.54) is 26.2 Å². The Morgan fingerprint density at radius 3 is 2.45 bits per heavy atom. The Hall–Kier alpha value is -2.23. The maximum Gasteiger partial charge on any atom is 0.202 e. The van der Waals surface area contributed by atoms with E-state index in [0.717, 1.165) is 11.6 Å². The Bertz CT molecular complexity index is 678. The van der Waals surface area contributed by atoms with Crippen LogP contribution in [0.3, 0.4) is 0 Å². The van der Waals surface area contributed by atoms with Gasteiger partial charge in [-0.25, -0.2) is 8.78 Å². The van der Waals surface area contributed by atoms with E-state index in [0.29, 0.717) is 5.75 Å². The second-order valence-electron chi connectivity index (χ2n) is 4.59. The summed E-state index contributed by atoms with van der Waals surface area (Å²) >= 11 is 0. The van der Waals surface area contributed by atoms with Crippen LogP contribution in [0.2, 0.25) is 0 Å². The number of carbonyl (C=O) groups excluding carboxylic acids is 1. The van der Waals surface area contributed by atoms with Crippen molar-refractivity contribution in [2.24, 2.45) is 0 Å². The highest BCUT2D eigenvalue weighted by atomic mass is 19.1. The molecule has 0 unspecified atom stereocenters. The van der Waals surface area contributed by atoms with Gasteiger partial charge in [-0.15, -0.1) is 0 Å². The van der Waals surface area contributed by atoms with Crippen molar-refractivity contribution in [3.05, 3.63) is 64.2 Å². The van der Waals surface area contributed by atoms with E-state index >= 15 is 0 Å². The number of ether oxygens (including phenoxy) is 1. The molecule has 0 aromatic heterocycles. The molecule has 0 spiro atoms. The number of hydrogen-bond donors (Lipinski definition) is 0. The first kappa shape index (κ1) is 14.2. The molecule has 0 bridgehead atoms. The smallest absolute Gasteiger partial charge is 0.202 e. The summed E-state index contributed by atoms with van der Waals surface area (Å²) in [5, 5.41) is 0. The lowest BCUT2D eigenvalue weighted by molar-refractivity contribution is 0.102. The maximum atomic E-state index is 14.0. The van der Waals surface area contributed by atoms with Gasteiger partial charge in [0.15, 0.2) is 0 Å². The molecule has 0 aliphatic rings. The Morgan fingerprint density at radius 2 is 1.80 bits per heavy atom. The molecule has 0 aliphatic carbocycles. The van der Waals surface area contributed by atoms with Crippen LogP contribution in [-0.2, 0) is 0 Å². The number of hydrogen-bond acceptors (Lipinski definition) is 2. The Morgan fingerprint density at radius 1 is 1.10 bits per heavy atom. The van der Waals surface area contributed by atoms with Crippen LogP contribution in [0.5, 0.6) is 5.75 Å². The normalized spacial score (nSPS) is 10.4. The van der Waals surface area contributed by atoms with E-state index in [9.17, 15) is 13.6 Å². The van der Waals surface area contributed by atoms with Crippen LogP contribution in [-0.4, -0.2) is 12.9 Å². The molecule has 0 fully saturated rings. The molecule has 0 atom stereocenters. The summed E-state index contributed by atoms with van der Waals surface area (Å²) < 4.78 is 32.9. The summed E-state index contributed by atoms with van der Waals surface area (Å²) in [5.74, 6) is -2.13. The molecule has 0 heterocycles. The largest absolute Gasteiger partial charge is 0.496 e. The second-order valence-corrected chi connectivity index (χ2v) is 4.59. The molecule has 4 heteroatoms. The van der Waals surface area contributed by atoms with Gasteiger partial charge in [0.1, 0.15) is 17.4 Å². The summed E-state index contributed by atoms with van der Waals surface area (Å²) in [6.45, 7) is 3.32. The molecule has 2 aromatic rings. The van der Waals surface area contributed by atoms with Gasteiger partial charge in [0.05, 0.1) is 18.2 Å². The van der Waals surface area contributed by atoms with Gasteiger partial charge in [-0.3, -0.25) is 4.79 Å². The number of aryl methyl sites for hydroxylation is 2. The van der Waals surface area contributed by atoms with Crippen molar-refractivity contribution in [2.45, 2.75) is 13.8 Å². The Balaban J connectivity index is 2.61. The first-order valence-corrected chi connectivity index (χ1v) is 6.09. The van der Waals surface area contributed by atoms with Crippen LogP contribution in [0.4, 0.5) is 8.78 Å². The molecule has 2 nitrogen and oxygen atoms in total. The number of carbonyl (C=O) groups is 1. The topological polar surface area (TPSA) is 26.3 Å². The predicted molar refractivity (Wildman–Crippen MR) is 72.3 cm³/mol. The molecule has 0 aliphatic heterocycles. The van der Waals surface area contributed by atoms with Gasteiger partial charge >= 0.3 is 0 Å². The number of halogens is 2. The van der Waals surface area contributed by atoms with Gasteiger partial charge in [0, 0.05) is 0 Å². The van der Waals surface area contributed by atoms with Crippen molar-refractivity contribution in [1.29, 1.82) is 0 Å². The molecule has 104 valence electrons. The quantitative estimate of drug-likeness (QED) is 0.797. The van der Waals surface area contributed by atoms with E-state index in [-0.39, 0.29) is 11.1 Å². The van der Waals surface area contributed by atoms with Crippen LogP contribution in [0.15, 0.2) is 30.3 Å². The van der Waals surface area contributed by atoms with E-state index in [2.05, 4.69) is 0 Å². The highest BCUT2D eigenvalue weighted by Gasteiger charge is 2.23. The minimum absolute atomic E-state index is 0.140. The molecular weight excluding hydrogens is 262 g/mol. The molecule has 0 saturated carbocycles. The fraction of sp³-hybridized carbons (Fsp3) is 0.188. The van der Waals surface area contributed by atoms with E-state index in [1.54, 1.807) is 12.1 Å². The van der Waals surface area contributed by atoms with Gasteiger partial charge in [0.2, 0.25) is 5.78 Å². The SMILES string of the molecule is COc1cc(C)ccc1C(=O)c1c(F)ccc(C)c1F. The number of rotatable bonds is 3. The summed E-state index contributed by atoms with van der Waals surface area (Å²) in [5.41, 5.74) is 0.707. The van der Waals surface area contributed by atoms with Gasteiger partial charge in [-0.2, -0.15) is 0 Å². The summed E-state index contributed by atoms with van der Waals surface area (Å²) in [6.07, 6.45) is 0. The number of ketones is 1. The van der Waals surface area contributed by atoms with Crippen molar-refractivity contribution < 1.29 is 18.3 Å². The van der Waals surface area contributed by atoms with Crippen molar-refractivity contribution in [3.8, 4) is 5.75 Å². The summed E-state index contributed by atoms with van der Waals surface area (Å²) in [4.78, 5) is 12.4. The van der Waals surface area contributed by atoms with Gasteiger partial charge in [-0.05, 0) is 43.2 Å². The van der Waals surface area contributed by atoms with Crippen molar-refractivity contribution in [1.82, 2.24) is 0 Å². The first-order chi connectivity index (χ1) is 9.45. The Kier molecular flexibility index (Phi) is 3.84. The molecule has 20 heavy (non-hydrogen) atoms. The molecule has 2 rings (SSSR count). The zero-order chi connectivity index (χ0) is 14.9. The van der Waals surface area contributed by atoms with Crippen LogP contribution >= 0.6 is 0 Å². The van der Waals surface area contributed by atoms with Crippen molar-refractivity contribution in [3.63, 3.8) is 0 Å². The lowest BCUT2D eigenvalue weighted by Crippen LogP contribution is -2.10. The molecular formula is C16H14F2O2.